The van der Waals surface area contributed by atoms with Gasteiger partial charge in [-0.25, -0.2) is 0 Å². The number of anilines is 1. The van der Waals surface area contributed by atoms with E-state index >= 15 is 0 Å². The maximum absolute atomic E-state index is 12.4. The van der Waals surface area contributed by atoms with E-state index < -0.39 is 10.0 Å². The third-order valence-electron chi connectivity index (χ3n) is 3.26. The van der Waals surface area contributed by atoms with E-state index in [1.165, 1.54) is 0 Å². The fourth-order valence-electron chi connectivity index (χ4n) is 2.05. The second-order valence-corrected chi connectivity index (χ2v) is 6.42. The minimum atomic E-state index is -3.70. The van der Waals surface area contributed by atoms with Crippen LogP contribution in [0.3, 0.4) is 0 Å². The summed E-state index contributed by atoms with van der Waals surface area (Å²) in [5.41, 5.74) is 3.08. The summed E-state index contributed by atoms with van der Waals surface area (Å²) >= 11 is 0. The molecule has 0 atom stereocenters. The van der Waals surface area contributed by atoms with Crippen molar-refractivity contribution in [2.75, 3.05) is 11.8 Å². The molecule has 0 aliphatic rings. The smallest absolute Gasteiger partial charge is 0.281 e. The van der Waals surface area contributed by atoms with Crippen LogP contribution in [0.1, 0.15) is 23.7 Å². The van der Waals surface area contributed by atoms with Crippen LogP contribution in [0.2, 0.25) is 0 Å². The fourth-order valence-corrected chi connectivity index (χ4v) is 3.31. The van der Waals surface area contributed by atoms with Gasteiger partial charge >= 0.3 is 0 Å². The molecule has 0 spiro atoms. The number of H-pyrrole nitrogens is 1. The lowest BCUT2D eigenvalue weighted by molar-refractivity contribution is 0.595. The normalized spacial score (nSPS) is 11.6. The highest BCUT2D eigenvalue weighted by molar-refractivity contribution is 7.92. The van der Waals surface area contributed by atoms with Gasteiger partial charge in [-0.15, -0.1) is 0 Å². The van der Waals surface area contributed by atoms with E-state index in [9.17, 15) is 8.42 Å². The van der Waals surface area contributed by atoms with Gasteiger partial charge < -0.3 is 5.32 Å². The van der Waals surface area contributed by atoms with Gasteiger partial charge in [-0.3, -0.25) is 9.82 Å². The average molecular weight is 308 g/mol. The number of aromatic nitrogens is 2. The van der Waals surface area contributed by atoms with Gasteiger partial charge in [0.2, 0.25) is 5.03 Å². The van der Waals surface area contributed by atoms with Gasteiger partial charge in [0.25, 0.3) is 10.0 Å². The Bertz CT molecular complexity index is 705. The number of hydrogen-bond acceptors (Lipinski definition) is 4. The third kappa shape index (κ3) is 3.43. The molecule has 0 radical (unpaired) electrons. The second kappa shape index (κ2) is 6.28. The van der Waals surface area contributed by atoms with Gasteiger partial charge in [-0.2, -0.15) is 13.5 Å². The van der Waals surface area contributed by atoms with Crippen molar-refractivity contribution in [2.24, 2.45) is 0 Å². The summed E-state index contributed by atoms with van der Waals surface area (Å²) in [5.74, 6) is 0. The predicted molar refractivity (Wildman–Crippen MR) is 82.7 cm³/mol. The molecule has 0 aliphatic carbocycles. The number of aryl methyl sites for hydroxylation is 2. The van der Waals surface area contributed by atoms with Gasteiger partial charge in [-0.1, -0.05) is 19.1 Å². The molecule has 2 rings (SSSR count). The standard InChI is InChI=1S/C14H20N4O2S/c1-4-11-5-7-12(8-6-11)18-21(19,20)14-13(9-15-3)10(2)16-17-14/h5-8,15,18H,4,9H2,1-3H3,(H,16,17). The number of nitrogens with zero attached hydrogens (tertiary/aromatic N) is 1. The van der Waals surface area contributed by atoms with E-state index in [2.05, 4.69) is 27.2 Å². The Kier molecular flexibility index (Phi) is 4.64. The molecule has 0 bridgehead atoms. The Labute approximate surface area is 125 Å². The summed E-state index contributed by atoms with van der Waals surface area (Å²) in [7, 11) is -1.93. The van der Waals surface area contributed by atoms with Crippen molar-refractivity contribution in [1.82, 2.24) is 15.5 Å². The zero-order chi connectivity index (χ0) is 15.5. The maximum atomic E-state index is 12.4. The van der Waals surface area contributed by atoms with Crippen molar-refractivity contribution in [2.45, 2.75) is 31.8 Å². The summed E-state index contributed by atoms with van der Waals surface area (Å²) < 4.78 is 27.4. The van der Waals surface area contributed by atoms with Crippen LogP contribution in [-0.2, 0) is 23.0 Å². The highest BCUT2D eigenvalue weighted by atomic mass is 32.2. The van der Waals surface area contributed by atoms with E-state index in [4.69, 9.17) is 0 Å². The predicted octanol–water partition coefficient (Wildman–Crippen LogP) is 1.80. The van der Waals surface area contributed by atoms with Crippen LogP contribution in [0.25, 0.3) is 0 Å². The molecule has 7 heteroatoms. The Balaban J connectivity index is 2.29. The summed E-state index contributed by atoms with van der Waals surface area (Å²) in [6, 6.07) is 7.32. The van der Waals surface area contributed by atoms with Crippen LogP contribution in [0.4, 0.5) is 5.69 Å². The van der Waals surface area contributed by atoms with Crippen LogP contribution < -0.4 is 10.0 Å². The molecule has 0 fully saturated rings. The lowest BCUT2D eigenvalue weighted by atomic mass is 10.2. The van der Waals surface area contributed by atoms with Crippen LogP contribution in [-0.4, -0.2) is 25.7 Å². The molecule has 0 unspecified atom stereocenters. The summed E-state index contributed by atoms with van der Waals surface area (Å²) in [4.78, 5) is 0. The van der Waals surface area contributed by atoms with Gasteiger partial charge in [0.05, 0.1) is 0 Å². The van der Waals surface area contributed by atoms with Crippen molar-refractivity contribution in [3.63, 3.8) is 0 Å². The van der Waals surface area contributed by atoms with Gasteiger partial charge in [-0.05, 0) is 38.1 Å². The highest BCUT2D eigenvalue weighted by Crippen LogP contribution is 2.20. The number of hydrogen-bond donors (Lipinski definition) is 3. The average Bonchev–Trinajstić information content (AvgIpc) is 2.82. The molecule has 0 saturated heterocycles. The molecule has 2 aromatic rings. The molecule has 21 heavy (non-hydrogen) atoms. The Hall–Kier alpha value is -1.86. The molecule has 114 valence electrons. The first kappa shape index (κ1) is 15.5. The monoisotopic (exact) mass is 308 g/mol. The van der Waals surface area contributed by atoms with Gasteiger partial charge in [0.15, 0.2) is 0 Å². The summed E-state index contributed by atoms with van der Waals surface area (Å²) in [6.45, 7) is 4.29. The van der Waals surface area contributed by atoms with Crippen LogP contribution >= 0.6 is 0 Å². The highest BCUT2D eigenvalue weighted by Gasteiger charge is 2.23. The Morgan fingerprint density at radius 1 is 1.24 bits per heavy atom. The van der Waals surface area contributed by atoms with Crippen molar-refractivity contribution in [3.05, 3.63) is 41.1 Å². The molecular weight excluding hydrogens is 288 g/mol. The van der Waals surface area contributed by atoms with Crippen molar-refractivity contribution < 1.29 is 8.42 Å². The van der Waals surface area contributed by atoms with Crippen LogP contribution in [0, 0.1) is 6.92 Å². The molecule has 1 aromatic heterocycles. The molecule has 0 amide bonds. The number of sulfonamides is 1. The number of aromatic amines is 1. The van der Waals surface area contributed by atoms with Gasteiger partial charge in [0, 0.05) is 23.5 Å². The molecule has 0 saturated carbocycles. The first-order valence-electron chi connectivity index (χ1n) is 6.78. The summed E-state index contributed by atoms with van der Waals surface area (Å²) in [5, 5.41) is 9.63. The topological polar surface area (TPSA) is 86.9 Å². The molecule has 1 aromatic carbocycles. The largest absolute Gasteiger partial charge is 0.316 e. The zero-order valence-electron chi connectivity index (χ0n) is 12.4. The first-order chi connectivity index (χ1) is 9.97. The fraction of sp³-hybridized carbons (Fsp3) is 0.357. The number of nitrogens with one attached hydrogen (secondary N) is 3. The second-order valence-electron chi connectivity index (χ2n) is 4.82. The Morgan fingerprint density at radius 3 is 2.48 bits per heavy atom. The summed E-state index contributed by atoms with van der Waals surface area (Å²) in [6.07, 6.45) is 0.915. The molecule has 0 aliphatic heterocycles. The molecule has 3 N–H and O–H groups in total. The molecular formula is C14H20N4O2S. The SMILES string of the molecule is CCc1ccc(NS(=O)(=O)c2n[nH]c(C)c2CNC)cc1. The zero-order valence-corrected chi connectivity index (χ0v) is 13.2. The maximum Gasteiger partial charge on any atom is 0.281 e. The lowest BCUT2D eigenvalue weighted by Crippen LogP contribution is -2.17. The van der Waals surface area contributed by atoms with E-state index in [1.807, 2.05) is 12.1 Å². The lowest BCUT2D eigenvalue weighted by Gasteiger charge is -2.08. The van der Waals surface area contributed by atoms with Crippen molar-refractivity contribution in [3.8, 4) is 0 Å². The van der Waals surface area contributed by atoms with Crippen molar-refractivity contribution >= 4 is 15.7 Å². The van der Waals surface area contributed by atoms with E-state index in [0.717, 1.165) is 17.7 Å². The third-order valence-corrected chi connectivity index (χ3v) is 4.61. The first-order valence-corrected chi connectivity index (χ1v) is 8.26. The number of rotatable bonds is 6. The molecule has 1 heterocycles. The number of benzene rings is 1. The Morgan fingerprint density at radius 2 is 1.90 bits per heavy atom. The molecule has 6 nitrogen and oxygen atoms in total. The van der Waals surface area contributed by atoms with E-state index in [0.29, 0.717) is 17.8 Å². The van der Waals surface area contributed by atoms with E-state index in [1.54, 1.807) is 26.1 Å². The van der Waals surface area contributed by atoms with Crippen LogP contribution in [0.5, 0.6) is 0 Å². The minimum Gasteiger partial charge on any atom is -0.316 e. The van der Waals surface area contributed by atoms with Crippen molar-refractivity contribution in [1.29, 1.82) is 0 Å². The quantitative estimate of drug-likeness (QED) is 0.759. The minimum absolute atomic E-state index is 0.0360. The van der Waals surface area contributed by atoms with Crippen LogP contribution in [0.15, 0.2) is 29.3 Å². The van der Waals surface area contributed by atoms with Gasteiger partial charge in [0.1, 0.15) is 0 Å². The van der Waals surface area contributed by atoms with E-state index in [-0.39, 0.29) is 5.03 Å².